The number of anilines is 1. The van der Waals surface area contributed by atoms with E-state index in [1.54, 1.807) is 0 Å². The highest BCUT2D eigenvalue weighted by Crippen LogP contribution is 2.19. The van der Waals surface area contributed by atoms with E-state index in [9.17, 15) is 4.79 Å². The number of hydrogen-bond donors (Lipinski definition) is 1. The van der Waals surface area contributed by atoms with Gasteiger partial charge in [-0.05, 0) is 25.0 Å². The molecule has 18 heavy (non-hydrogen) atoms. The van der Waals surface area contributed by atoms with Crippen LogP contribution >= 0.6 is 11.6 Å². The number of rotatable bonds is 2. The third-order valence-electron chi connectivity index (χ3n) is 2.57. The fourth-order valence-corrected chi connectivity index (χ4v) is 1.72. The summed E-state index contributed by atoms with van der Waals surface area (Å²) < 4.78 is 0. The molecule has 1 aromatic carbocycles. The van der Waals surface area contributed by atoms with E-state index in [0.717, 1.165) is 16.8 Å². The summed E-state index contributed by atoms with van der Waals surface area (Å²) in [5.74, 6) is -0.295. The molecular formula is C13H12ClN3O. The van der Waals surface area contributed by atoms with Crippen LogP contribution in [0.15, 0.2) is 30.6 Å². The molecule has 1 amide bonds. The van der Waals surface area contributed by atoms with Gasteiger partial charge < -0.3 is 5.32 Å². The van der Waals surface area contributed by atoms with Gasteiger partial charge >= 0.3 is 0 Å². The molecule has 2 rings (SSSR count). The summed E-state index contributed by atoms with van der Waals surface area (Å²) in [7, 11) is 0. The van der Waals surface area contributed by atoms with Crippen LogP contribution in [-0.2, 0) is 0 Å². The number of aryl methyl sites for hydroxylation is 2. The summed E-state index contributed by atoms with van der Waals surface area (Å²) in [6.07, 6.45) is 2.70. The molecule has 0 radical (unpaired) electrons. The van der Waals surface area contributed by atoms with Gasteiger partial charge in [0.2, 0.25) is 0 Å². The molecular weight excluding hydrogens is 250 g/mol. The van der Waals surface area contributed by atoms with E-state index < -0.39 is 0 Å². The lowest BCUT2D eigenvalue weighted by Crippen LogP contribution is -2.15. The molecule has 0 spiro atoms. The Morgan fingerprint density at radius 2 is 1.83 bits per heavy atom. The fraction of sp³-hybridized carbons (Fsp3) is 0.154. The standard InChI is InChI=1S/C13H12ClN3O/c1-8-4-3-5-9(2)12(8)17-13(18)10-6-16-11(14)7-15-10/h3-7H,1-2H3,(H,17,18). The van der Waals surface area contributed by atoms with E-state index in [-0.39, 0.29) is 16.8 Å². The SMILES string of the molecule is Cc1cccc(C)c1NC(=O)c1cnc(Cl)cn1. The molecule has 0 fully saturated rings. The zero-order valence-corrected chi connectivity index (χ0v) is 10.8. The minimum atomic E-state index is -0.295. The summed E-state index contributed by atoms with van der Waals surface area (Å²) in [4.78, 5) is 19.7. The van der Waals surface area contributed by atoms with Crippen molar-refractivity contribution in [3.63, 3.8) is 0 Å². The Balaban J connectivity index is 2.24. The number of carbonyl (C=O) groups is 1. The molecule has 0 bridgehead atoms. The number of amides is 1. The highest BCUT2D eigenvalue weighted by Gasteiger charge is 2.10. The van der Waals surface area contributed by atoms with Crippen molar-refractivity contribution in [2.45, 2.75) is 13.8 Å². The molecule has 1 N–H and O–H groups in total. The van der Waals surface area contributed by atoms with E-state index in [4.69, 9.17) is 11.6 Å². The minimum Gasteiger partial charge on any atom is -0.320 e. The maximum Gasteiger partial charge on any atom is 0.275 e. The van der Waals surface area contributed by atoms with E-state index in [1.807, 2.05) is 32.0 Å². The van der Waals surface area contributed by atoms with Gasteiger partial charge in [0.1, 0.15) is 10.8 Å². The van der Waals surface area contributed by atoms with Crippen molar-refractivity contribution in [1.82, 2.24) is 9.97 Å². The van der Waals surface area contributed by atoms with Gasteiger partial charge in [-0.15, -0.1) is 0 Å². The molecule has 4 nitrogen and oxygen atoms in total. The van der Waals surface area contributed by atoms with Gasteiger partial charge in [-0.3, -0.25) is 4.79 Å². The fourth-order valence-electron chi connectivity index (χ4n) is 1.62. The number of benzene rings is 1. The first-order chi connectivity index (χ1) is 8.58. The average Bonchev–Trinajstić information content (AvgIpc) is 2.34. The monoisotopic (exact) mass is 261 g/mol. The molecule has 92 valence electrons. The predicted octanol–water partition coefficient (Wildman–Crippen LogP) is 3.00. The van der Waals surface area contributed by atoms with Crippen LogP contribution in [0.1, 0.15) is 21.6 Å². The molecule has 0 saturated carbocycles. The number of nitrogens with one attached hydrogen (secondary N) is 1. The van der Waals surface area contributed by atoms with Crippen LogP contribution < -0.4 is 5.32 Å². The van der Waals surface area contributed by atoms with Crippen molar-refractivity contribution in [3.8, 4) is 0 Å². The van der Waals surface area contributed by atoms with Crippen molar-refractivity contribution < 1.29 is 4.79 Å². The highest BCUT2D eigenvalue weighted by atomic mass is 35.5. The largest absolute Gasteiger partial charge is 0.320 e. The Morgan fingerprint density at radius 3 is 2.39 bits per heavy atom. The van der Waals surface area contributed by atoms with Gasteiger partial charge in [-0.2, -0.15) is 0 Å². The summed E-state index contributed by atoms with van der Waals surface area (Å²) in [5, 5.41) is 3.09. The second-order valence-electron chi connectivity index (χ2n) is 3.95. The molecule has 0 aliphatic rings. The predicted molar refractivity (Wildman–Crippen MR) is 70.9 cm³/mol. The number of aromatic nitrogens is 2. The van der Waals surface area contributed by atoms with Crippen LogP contribution in [0.3, 0.4) is 0 Å². The Morgan fingerprint density at radius 1 is 1.17 bits per heavy atom. The summed E-state index contributed by atoms with van der Waals surface area (Å²) in [6.45, 7) is 3.88. The summed E-state index contributed by atoms with van der Waals surface area (Å²) in [6, 6.07) is 5.83. The lowest BCUT2D eigenvalue weighted by atomic mass is 10.1. The Kier molecular flexibility index (Phi) is 3.58. The zero-order valence-electron chi connectivity index (χ0n) is 10.1. The smallest absolute Gasteiger partial charge is 0.275 e. The van der Waals surface area contributed by atoms with Crippen molar-refractivity contribution >= 4 is 23.2 Å². The van der Waals surface area contributed by atoms with Crippen molar-refractivity contribution in [2.24, 2.45) is 0 Å². The number of carbonyl (C=O) groups excluding carboxylic acids is 1. The number of nitrogens with zero attached hydrogens (tertiary/aromatic N) is 2. The second kappa shape index (κ2) is 5.14. The van der Waals surface area contributed by atoms with Crippen LogP contribution in [0.4, 0.5) is 5.69 Å². The Labute approximate surface area is 110 Å². The van der Waals surface area contributed by atoms with Gasteiger partial charge in [-0.25, -0.2) is 9.97 Å². The third kappa shape index (κ3) is 2.65. The molecule has 0 aliphatic heterocycles. The van der Waals surface area contributed by atoms with Gasteiger partial charge in [0, 0.05) is 5.69 Å². The van der Waals surface area contributed by atoms with Crippen molar-refractivity contribution in [3.05, 3.63) is 52.6 Å². The number of para-hydroxylation sites is 1. The first-order valence-electron chi connectivity index (χ1n) is 5.43. The molecule has 0 aliphatic carbocycles. The molecule has 5 heteroatoms. The lowest BCUT2D eigenvalue weighted by molar-refractivity contribution is 0.102. The van der Waals surface area contributed by atoms with E-state index >= 15 is 0 Å². The van der Waals surface area contributed by atoms with E-state index in [2.05, 4.69) is 15.3 Å². The van der Waals surface area contributed by atoms with E-state index in [1.165, 1.54) is 12.4 Å². The zero-order chi connectivity index (χ0) is 13.1. The third-order valence-corrected chi connectivity index (χ3v) is 2.77. The van der Waals surface area contributed by atoms with Crippen LogP contribution in [-0.4, -0.2) is 15.9 Å². The minimum absolute atomic E-state index is 0.238. The van der Waals surface area contributed by atoms with Crippen LogP contribution in [0.2, 0.25) is 5.15 Å². The number of halogens is 1. The Hall–Kier alpha value is -1.94. The van der Waals surface area contributed by atoms with E-state index in [0.29, 0.717) is 0 Å². The molecule has 1 aromatic heterocycles. The van der Waals surface area contributed by atoms with Crippen molar-refractivity contribution in [2.75, 3.05) is 5.32 Å². The normalized spacial score (nSPS) is 10.2. The summed E-state index contributed by atoms with van der Waals surface area (Å²) in [5.41, 5.74) is 3.05. The lowest BCUT2D eigenvalue weighted by Gasteiger charge is -2.10. The van der Waals surface area contributed by atoms with Crippen LogP contribution in [0, 0.1) is 13.8 Å². The molecule has 0 saturated heterocycles. The quantitative estimate of drug-likeness (QED) is 0.904. The first-order valence-corrected chi connectivity index (χ1v) is 5.81. The molecule has 0 unspecified atom stereocenters. The molecule has 1 heterocycles. The van der Waals surface area contributed by atoms with Crippen LogP contribution in [0.25, 0.3) is 0 Å². The Bertz CT molecular complexity index is 561. The van der Waals surface area contributed by atoms with Gasteiger partial charge in [0.15, 0.2) is 0 Å². The second-order valence-corrected chi connectivity index (χ2v) is 4.33. The topological polar surface area (TPSA) is 54.9 Å². The van der Waals surface area contributed by atoms with Crippen LogP contribution in [0.5, 0.6) is 0 Å². The maximum absolute atomic E-state index is 12.0. The number of hydrogen-bond acceptors (Lipinski definition) is 3. The van der Waals surface area contributed by atoms with Gasteiger partial charge in [0.05, 0.1) is 12.4 Å². The average molecular weight is 262 g/mol. The molecule has 0 atom stereocenters. The molecule has 2 aromatic rings. The van der Waals surface area contributed by atoms with Gasteiger partial charge in [-0.1, -0.05) is 29.8 Å². The van der Waals surface area contributed by atoms with Crippen molar-refractivity contribution in [1.29, 1.82) is 0 Å². The first kappa shape index (κ1) is 12.5. The highest BCUT2D eigenvalue weighted by molar-refractivity contribution is 6.29. The maximum atomic E-state index is 12.0. The van der Waals surface area contributed by atoms with Gasteiger partial charge in [0.25, 0.3) is 5.91 Å². The summed E-state index contributed by atoms with van der Waals surface area (Å²) >= 11 is 5.62.